The van der Waals surface area contributed by atoms with Crippen molar-refractivity contribution in [1.29, 1.82) is 0 Å². The van der Waals surface area contributed by atoms with Gasteiger partial charge in [0.15, 0.2) is 0 Å². The van der Waals surface area contributed by atoms with E-state index < -0.39 is 5.54 Å². The molecule has 0 aromatic heterocycles. The number of esters is 1. The normalized spacial score (nSPS) is 14.7. The Hall–Kier alpha value is -0.570. The van der Waals surface area contributed by atoms with E-state index in [2.05, 4.69) is 33.0 Å². The van der Waals surface area contributed by atoms with Crippen molar-refractivity contribution in [3.8, 4) is 0 Å². The van der Waals surface area contributed by atoms with E-state index in [1.165, 1.54) is 0 Å². The van der Waals surface area contributed by atoms with E-state index in [1.807, 2.05) is 6.92 Å². The minimum atomic E-state index is -0.476. The minimum absolute atomic E-state index is 0.0865. The van der Waals surface area contributed by atoms with Crippen molar-refractivity contribution in [2.75, 3.05) is 13.2 Å². The summed E-state index contributed by atoms with van der Waals surface area (Å²) in [6.45, 7) is 11.7. The van der Waals surface area contributed by atoms with Crippen LogP contribution in [-0.4, -0.2) is 24.7 Å². The first-order chi connectivity index (χ1) is 8.02. The molecule has 17 heavy (non-hydrogen) atoms. The predicted octanol–water partition coefficient (Wildman–Crippen LogP) is 3.13. The maximum atomic E-state index is 12.1. The van der Waals surface area contributed by atoms with Crippen LogP contribution in [0.3, 0.4) is 0 Å². The van der Waals surface area contributed by atoms with Crippen LogP contribution in [0.1, 0.15) is 60.3 Å². The number of hydrogen-bond donors (Lipinski definition) is 1. The molecule has 0 amide bonds. The zero-order valence-electron chi connectivity index (χ0n) is 12.1. The summed E-state index contributed by atoms with van der Waals surface area (Å²) in [4.78, 5) is 12.1. The molecule has 0 radical (unpaired) electrons. The Morgan fingerprint density at radius 3 is 2.35 bits per heavy atom. The van der Waals surface area contributed by atoms with Gasteiger partial charge in [0, 0.05) is 0 Å². The Labute approximate surface area is 106 Å². The van der Waals surface area contributed by atoms with Gasteiger partial charge in [-0.15, -0.1) is 0 Å². The summed E-state index contributed by atoms with van der Waals surface area (Å²) in [5.41, 5.74) is -0.476. The molecule has 1 atom stereocenters. The van der Waals surface area contributed by atoms with Gasteiger partial charge >= 0.3 is 5.97 Å². The highest BCUT2D eigenvalue weighted by molar-refractivity contribution is 5.80. The molecule has 0 saturated heterocycles. The van der Waals surface area contributed by atoms with Crippen LogP contribution in [0.5, 0.6) is 0 Å². The molecule has 0 heterocycles. The molecule has 0 spiro atoms. The van der Waals surface area contributed by atoms with Crippen LogP contribution in [0.15, 0.2) is 0 Å². The molecule has 0 bridgehead atoms. The van der Waals surface area contributed by atoms with Crippen LogP contribution in [0.2, 0.25) is 0 Å². The fourth-order valence-electron chi connectivity index (χ4n) is 1.86. The summed E-state index contributed by atoms with van der Waals surface area (Å²) in [5.74, 6) is 0.452. The van der Waals surface area contributed by atoms with E-state index in [0.29, 0.717) is 12.5 Å². The molecule has 0 saturated carbocycles. The van der Waals surface area contributed by atoms with E-state index in [1.54, 1.807) is 0 Å². The average molecular weight is 243 g/mol. The summed E-state index contributed by atoms with van der Waals surface area (Å²) in [6.07, 6.45) is 3.81. The maximum absolute atomic E-state index is 12.1. The number of nitrogens with one attached hydrogen (secondary N) is 1. The van der Waals surface area contributed by atoms with Gasteiger partial charge in [0.2, 0.25) is 0 Å². The number of hydrogen-bond acceptors (Lipinski definition) is 3. The van der Waals surface area contributed by atoms with Crippen molar-refractivity contribution in [2.45, 2.75) is 65.8 Å². The molecule has 0 fully saturated rings. The highest BCUT2D eigenvalue weighted by Crippen LogP contribution is 2.21. The molecule has 0 aromatic rings. The first-order valence-corrected chi connectivity index (χ1v) is 6.94. The molecule has 0 aliphatic rings. The SMILES string of the molecule is CCCCC(CC)(NCC(C)C)C(=O)OCC. The summed E-state index contributed by atoms with van der Waals surface area (Å²) in [7, 11) is 0. The maximum Gasteiger partial charge on any atom is 0.326 e. The summed E-state index contributed by atoms with van der Waals surface area (Å²) in [6, 6.07) is 0. The van der Waals surface area contributed by atoms with Gasteiger partial charge in [-0.1, -0.05) is 40.5 Å². The van der Waals surface area contributed by atoms with Crippen LogP contribution >= 0.6 is 0 Å². The third-order valence-electron chi connectivity index (χ3n) is 3.08. The van der Waals surface area contributed by atoms with Gasteiger partial charge in [-0.3, -0.25) is 4.79 Å². The zero-order chi connectivity index (χ0) is 13.3. The molecule has 102 valence electrons. The molecule has 1 N–H and O–H groups in total. The van der Waals surface area contributed by atoms with Crippen molar-refractivity contribution in [3.63, 3.8) is 0 Å². The number of ether oxygens (including phenoxy) is 1. The summed E-state index contributed by atoms with van der Waals surface area (Å²) in [5, 5.41) is 3.43. The van der Waals surface area contributed by atoms with Gasteiger partial charge in [0.05, 0.1) is 6.61 Å². The number of unbranched alkanes of at least 4 members (excludes halogenated alkanes) is 1. The molecular formula is C14H29NO2. The number of carbonyl (C=O) groups is 1. The minimum Gasteiger partial charge on any atom is -0.465 e. The average Bonchev–Trinajstić information content (AvgIpc) is 2.30. The van der Waals surface area contributed by atoms with E-state index in [0.717, 1.165) is 32.2 Å². The molecule has 0 rings (SSSR count). The van der Waals surface area contributed by atoms with E-state index in [-0.39, 0.29) is 5.97 Å². The number of carbonyl (C=O) groups excluding carboxylic acids is 1. The van der Waals surface area contributed by atoms with Crippen molar-refractivity contribution >= 4 is 5.97 Å². The van der Waals surface area contributed by atoms with Crippen molar-refractivity contribution in [2.24, 2.45) is 5.92 Å². The second kappa shape index (κ2) is 8.51. The predicted molar refractivity (Wildman–Crippen MR) is 72.0 cm³/mol. The second-order valence-corrected chi connectivity index (χ2v) is 5.03. The first-order valence-electron chi connectivity index (χ1n) is 6.94. The Morgan fingerprint density at radius 2 is 1.94 bits per heavy atom. The highest BCUT2D eigenvalue weighted by atomic mass is 16.5. The first kappa shape index (κ1) is 16.4. The van der Waals surface area contributed by atoms with Crippen LogP contribution in [0.25, 0.3) is 0 Å². The summed E-state index contributed by atoms with van der Waals surface area (Å²) < 4.78 is 5.23. The third kappa shape index (κ3) is 5.53. The van der Waals surface area contributed by atoms with Gasteiger partial charge in [-0.05, 0) is 32.2 Å². The van der Waals surface area contributed by atoms with Crippen molar-refractivity contribution in [3.05, 3.63) is 0 Å². The van der Waals surface area contributed by atoms with Gasteiger partial charge in [0.25, 0.3) is 0 Å². The van der Waals surface area contributed by atoms with Crippen LogP contribution in [0.4, 0.5) is 0 Å². The standard InChI is InChI=1S/C14H29NO2/c1-6-9-10-14(7-2,13(16)17-8-3)15-11-12(4)5/h12,15H,6-11H2,1-5H3. The van der Waals surface area contributed by atoms with Gasteiger partial charge in [-0.2, -0.15) is 0 Å². The third-order valence-corrected chi connectivity index (χ3v) is 3.08. The quantitative estimate of drug-likeness (QED) is 0.632. The Bertz CT molecular complexity index is 216. The van der Waals surface area contributed by atoms with E-state index in [9.17, 15) is 4.79 Å². The molecule has 3 nitrogen and oxygen atoms in total. The van der Waals surface area contributed by atoms with E-state index >= 15 is 0 Å². The fourth-order valence-corrected chi connectivity index (χ4v) is 1.86. The smallest absolute Gasteiger partial charge is 0.326 e. The Balaban J connectivity index is 4.66. The lowest BCUT2D eigenvalue weighted by atomic mass is 9.89. The Kier molecular flexibility index (Phi) is 8.23. The topological polar surface area (TPSA) is 38.3 Å². The van der Waals surface area contributed by atoms with E-state index in [4.69, 9.17) is 4.74 Å². The molecule has 0 aliphatic carbocycles. The van der Waals surface area contributed by atoms with Gasteiger partial charge < -0.3 is 10.1 Å². The molecule has 1 unspecified atom stereocenters. The highest BCUT2D eigenvalue weighted by Gasteiger charge is 2.36. The van der Waals surface area contributed by atoms with Gasteiger partial charge in [-0.25, -0.2) is 0 Å². The lowest BCUT2D eigenvalue weighted by molar-refractivity contribution is -0.152. The second-order valence-electron chi connectivity index (χ2n) is 5.03. The number of rotatable bonds is 9. The molecule has 0 aliphatic heterocycles. The summed E-state index contributed by atoms with van der Waals surface area (Å²) >= 11 is 0. The zero-order valence-corrected chi connectivity index (χ0v) is 12.1. The van der Waals surface area contributed by atoms with Crippen molar-refractivity contribution < 1.29 is 9.53 Å². The van der Waals surface area contributed by atoms with Crippen LogP contribution in [0, 0.1) is 5.92 Å². The lowest BCUT2D eigenvalue weighted by Crippen LogP contribution is -2.53. The monoisotopic (exact) mass is 243 g/mol. The van der Waals surface area contributed by atoms with Crippen LogP contribution < -0.4 is 5.32 Å². The lowest BCUT2D eigenvalue weighted by Gasteiger charge is -2.32. The van der Waals surface area contributed by atoms with Crippen LogP contribution in [-0.2, 0) is 9.53 Å². The Morgan fingerprint density at radius 1 is 1.29 bits per heavy atom. The molecule has 0 aromatic carbocycles. The largest absolute Gasteiger partial charge is 0.465 e. The fraction of sp³-hybridized carbons (Fsp3) is 0.929. The molecular weight excluding hydrogens is 214 g/mol. The van der Waals surface area contributed by atoms with Gasteiger partial charge in [0.1, 0.15) is 5.54 Å². The van der Waals surface area contributed by atoms with Crippen molar-refractivity contribution in [1.82, 2.24) is 5.32 Å². The molecule has 3 heteroatoms.